The standard InChI is InChI=1S/C10H15N3O3/c11-8(2-3-9(14)15)7-6-12-13-4-1-5-16-10(7)13/h6,8H,1-5,11H2,(H,14,15). The molecule has 1 aromatic rings. The molecule has 6 nitrogen and oxygen atoms in total. The lowest BCUT2D eigenvalue weighted by molar-refractivity contribution is -0.137. The van der Waals surface area contributed by atoms with Crippen LogP contribution in [-0.4, -0.2) is 27.5 Å². The van der Waals surface area contributed by atoms with Crippen LogP contribution in [0.1, 0.15) is 30.9 Å². The molecule has 2 heterocycles. The van der Waals surface area contributed by atoms with Crippen LogP contribution < -0.4 is 10.5 Å². The van der Waals surface area contributed by atoms with Crippen molar-refractivity contribution in [2.24, 2.45) is 5.73 Å². The zero-order valence-electron chi connectivity index (χ0n) is 8.93. The molecule has 1 unspecified atom stereocenters. The topological polar surface area (TPSA) is 90.4 Å². The summed E-state index contributed by atoms with van der Waals surface area (Å²) in [6.45, 7) is 1.51. The van der Waals surface area contributed by atoms with Crippen LogP contribution in [0.4, 0.5) is 0 Å². The van der Waals surface area contributed by atoms with Crippen LogP contribution in [0.2, 0.25) is 0 Å². The van der Waals surface area contributed by atoms with Gasteiger partial charge in [0.05, 0.1) is 18.4 Å². The van der Waals surface area contributed by atoms with E-state index in [1.54, 1.807) is 10.9 Å². The van der Waals surface area contributed by atoms with Crippen molar-refractivity contribution < 1.29 is 14.6 Å². The molecule has 1 aromatic heterocycles. The molecule has 1 aliphatic heterocycles. The average Bonchev–Trinajstić information content (AvgIpc) is 2.69. The molecule has 0 spiro atoms. The van der Waals surface area contributed by atoms with Gasteiger partial charge in [-0.15, -0.1) is 0 Å². The molecular weight excluding hydrogens is 210 g/mol. The van der Waals surface area contributed by atoms with Gasteiger partial charge in [-0.05, 0) is 6.42 Å². The van der Waals surface area contributed by atoms with Gasteiger partial charge in [0.25, 0.3) is 0 Å². The van der Waals surface area contributed by atoms with E-state index in [1.165, 1.54) is 0 Å². The Hall–Kier alpha value is -1.56. The number of nitrogens with two attached hydrogens (primary N) is 1. The Labute approximate surface area is 93.0 Å². The van der Waals surface area contributed by atoms with Crippen molar-refractivity contribution in [1.82, 2.24) is 9.78 Å². The van der Waals surface area contributed by atoms with Gasteiger partial charge in [0.2, 0.25) is 5.88 Å². The number of carboxylic acid groups (broad SMARTS) is 1. The quantitative estimate of drug-likeness (QED) is 0.780. The average molecular weight is 225 g/mol. The van der Waals surface area contributed by atoms with Crippen molar-refractivity contribution in [2.45, 2.75) is 31.8 Å². The van der Waals surface area contributed by atoms with E-state index in [9.17, 15) is 4.79 Å². The van der Waals surface area contributed by atoms with Gasteiger partial charge in [0.1, 0.15) is 0 Å². The van der Waals surface area contributed by atoms with E-state index in [1.807, 2.05) is 0 Å². The summed E-state index contributed by atoms with van der Waals surface area (Å²) in [6, 6.07) is -0.321. The Morgan fingerprint density at radius 2 is 2.56 bits per heavy atom. The largest absolute Gasteiger partial charge is 0.481 e. The molecule has 1 aliphatic rings. The molecule has 6 heteroatoms. The van der Waals surface area contributed by atoms with Gasteiger partial charge in [0, 0.05) is 25.4 Å². The van der Waals surface area contributed by atoms with Crippen molar-refractivity contribution in [3.05, 3.63) is 11.8 Å². The van der Waals surface area contributed by atoms with E-state index in [4.69, 9.17) is 15.6 Å². The van der Waals surface area contributed by atoms with Crippen molar-refractivity contribution in [3.8, 4) is 5.88 Å². The number of fused-ring (bicyclic) bond motifs is 1. The molecule has 1 atom stereocenters. The lowest BCUT2D eigenvalue weighted by Crippen LogP contribution is -2.18. The van der Waals surface area contributed by atoms with Gasteiger partial charge in [0.15, 0.2) is 0 Å². The fourth-order valence-electron chi connectivity index (χ4n) is 1.78. The third-order valence-corrected chi connectivity index (χ3v) is 2.64. The highest BCUT2D eigenvalue weighted by Gasteiger charge is 2.21. The summed E-state index contributed by atoms with van der Waals surface area (Å²) in [5.74, 6) is -0.137. The molecule has 0 saturated heterocycles. The molecule has 88 valence electrons. The van der Waals surface area contributed by atoms with Gasteiger partial charge in [-0.2, -0.15) is 5.10 Å². The number of aliphatic carboxylic acids is 1. The molecule has 0 radical (unpaired) electrons. The van der Waals surface area contributed by atoms with E-state index in [-0.39, 0.29) is 12.5 Å². The van der Waals surface area contributed by atoms with Crippen LogP contribution in [0, 0.1) is 0 Å². The van der Waals surface area contributed by atoms with Crippen LogP contribution in [0.3, 0.4) is 0 Å². The van der Waals surface area contributed by atoms with Crippen LogP contribution in [-0.2, 0) is 11.3 Å². The fraction of sp³-hybridized carbons (Fsp3) is 0.600. The Morgan fingerprint density at radius 1 is 1.75 bits per heavy atom. The summed E-state index contributed by atoms with van der Waals surface area (Å²) < 4.78 is 7.27. The van der Waals surface area contributed by atoms with Gasteiger partial charge in [-0.3, -0.25) is 4.79 Å². The second-order valence-electron chi connectivity index (χ2n) is 3.87. The highest BCUT2D eigenvalue weighted by Crippen LogP contribution is 2.28. The lowest BCUT2D eigenvalue weighted by Gasteiger charge is -2.18. The molecule has 0 bridgehead atoms. The number of carbonyl (C=O) groups is 1. The number of aryl methyl sites for hydroxylation is 1. The van der Waals surface area contributed by atoms with Crippen molar-refractivity contribution in [2.75, 3.05) is 6.61 Å². The maximum atomic E-state index is 10.5. The van der Waals surface area contributed by atoms with Crippen molar-refractivity contribution in [1.29, 1.82) is 0 Å². The highest BCUT2D eigenvalue weighted by molar-refractivity contribution is 5.66. The monoisotopic (exact) mass is 225 g/mol. The number of ether oxygens (including phenoxy) is 1. The van der Waals surface area contributed by atoms with Gasteiger partial charge in [-0.1, -0.05) is 0 Å². The minimum atomic E-state index is -0.836. The van der Waals surface area contributed by atoms with Crippen LogP contribution >= 0.6 is 0 Å². The fourth-order valence-corrected chi connectivity index (χ4v) is 1.78. The zero-order valence-corrected chi connectivity index (χ0v) is 8.93. The van der Waals surface area contributed by atoms with E-state index in [2.05, 4.69) is 5.10 Å². The van der Waals surface area contributed by atoms with Gasteiger partial charge >= 0.3 is 5.97 Å². The second-order valence-corrected chi connectivity index (χ2v) is 3.87. The minimum absolute atomic E-state index is 0.0613. The van der Waals surface area contributed by atoms with E-state index < -0.39 is 5.97 Å². The first-order valence-corrected chi connectivity index (χ1v) is 5.34. The van der Waals surface area contributed by atoms with Crippen molar-refractivity contribution >= 4 is 5.97 Å². The smallest absolute Gasteiger partial charge is 0.303 e. The number of carboxylic acids is 1. The Morgan fingerprint density at radius 3 is 3.31 bits per heavy atom. The predicted molar refractivity (Wildman–Crippen MR) is 56.1 cm³/mol. The molecule has 0 aromatic carbocycles. The molecule has 3 N–H and O–H groups in total. The van der Waals surface area contributed by atoms with Crippen LogP contribution in [0.25, 0.3) is 0 Å². The molecule has 0 fully saturated rings. The molecule has 0 saturated carbocycles. The third kappa shape index (κ3) is 2.16. The highest BCUT2D eigenvalue weighted by atomic mass is 16.5. The normalized spacial score (nSPS) is 16.3. The van der Waals surface area contributed by atoms with Crippen molar-refractivity contribution in [3.63, 3.8) is 0 Å². The Kier molecular flexibility index (Phi) is 3.09. The molecule has 0 aliphatic carbocycles. The Bertz CT molecular complexity index is 389. The zero-order chi connectivity index (χ0) is 11.5. The minimum Gasteiger partial charge on any atom is -0.481 e. The molecule has 0 amide bonds. The summed E-state index contributed by atoms with van der Waals surface area (Å²) in [5.41, 5.74) is 6.72. The summed E-state index contributed by atoms with van der Waals surface area (Å²) in [7, 11) is 0. The first kappa shape index (κ1) is 10.9. The number of nitrogens with zero attached hydrogens (tertiary/aromatic N) is 2. The molecule has 16 heavy (non-hydrogen) atoms. The molecular formula is C10H15N3O3. The number of rotatable bonds is 4. The SMILES string of the molecule is NC(CCC(=O)O)c1cnn2c1OCCC2. The third-order valence-electron chi connectivity index (χ3n) is 2.64. The first-order valence-electron chi connectivity index (χ1n) is 5.34. The van der Waals surface area contributed by atoms with Gasteiger partial charge in [-0.25, -0.2) is 4.68 Å². The predicted octanol–water partition coefficient (Wildman–Crippen LogP) is 0.530. The summed E-state index contributed by atoms with van der Waals surface area (Å²) in [5, 5.41) is 12.8. The number of aromatic nitrogens is 2. The first-order chi connectivity index (χ1) is 7.68. The maximum absolute atomic E-state index is 10.5. The second kappa shape index (κ2) is 4.52. The maximum Gasteiger partial charge on any atom is 0.303 e. The van der Waals surface area contributed by atoms with Crippen LogP contribution in [0.5, 0.6) is 5.88 Å². The van der Waals surface area contributed by atoms with E-state index >= 15 is 0 Å². The summed E-state index contributed by atoms with van der Waals surface area (Å²) >= 11 is 0. The van der Waals surface area contributed by atoms with E-state index in [0.29, 0.717) is 18.9 Å². The lowest BCUT2D eigenvalue weighted by atomic mass is 10.1. The summed E-state index contributed by atoms with van der Waals surface area (Å²) in [4.78, 5) is 10.5. The van der Waals surface area contributed by atoms with Crippen LogP contribution in [0.15, 0.2) is 6.20 Å². The molecule has 2 rings (SSSR count). The number of hydrogen-bond acceptors (Lipinski definition) is 4. The van der Waals surface area contributed by atoms with Gasteiger partial charge < -0.3 is 15.6 Å². The number of hydrogen-bond donors (Lipinski definition) is 2. The Balaban J connectivity index is 2.08. The summed E-state index contributed by atoms with van der Waals surface area (Å²) in [6.07, 6.45) is 3.08. The van der Waals surface area contributed by atoms with E-state index in [0.717, 1.165) is 18.5 Å².